The molecule has 2 heterocycles. The van der Waals surface area contributed by atoms with E-state index >= 15 is 0 Å². The summed E-state index contributed by atoms with van der Waals surface area (Å²) in [5, 5.41) is 0.419. The van der Waals surface area contributed by atoms with Crippen LogP contribution in [0.25, 0.3) is 11.0 Å². The van der Waals surface area contributed by atoms with E-state index in [-0.39, 0.29) is 17.1 Å². The van der Waals surface area contributed by atoms with E-state index in [9.17, 15) is 14.0 Å². The summed E-state index contributed by atoms with van der Waals surface area (Å²) < 4.78 is 18.2. The first-order chi connectivity index (χ1) is 9.15. The van der Waals surface area contributed by atoms with Crippen molar-refractivity contribution in [1.29, 1.82) is 0 Å². The van der Waals surface area contributed by atoms with E-state index in [4.69, 9.17) is 4.42 Å². The van der Waals surface area contributed by atoms with Crippen LogP contribution >= 0.6 is 0 Å². The molecule has 1 aromatic carbocycles. The lowest BCUT2D eigenvalue weighted by Crippen LogP contribution is -2.31. The van der Waals surface area contributed by atoms with E-state index in [1.165, 1.54) is 24.3 Å². The van der Waals surface area contributed by atoms with Gasteiger partial charge in [-0.3, -0.25) is 4.79 Å². The molecule has 1 aliphatic heterocycles. The van der Waals surface area contributed by atoms with Crippen molar-refractivity contribution in [1.82, 2.24) is 4.90 Å². The van der Waals surface area contributed by atoms with Gasteiger partial charge in [0.15, 0.2) is 0 Å². The Bertz CT molecular complexity index is 701. The molecule has 0 radical (unpaired) electrons. The van der Waals surface area contributed by atoms with Crippen molar-refractivity contribution in [3.8, 4) is 0 Å². The van der Waals surface area contributed by atoms with Crippen molar-refractivity contribution in [2.24, 2.45) is 0 Å². The number of hydrogen-bond donors (Lipinski definition) is 0. The van der Waals surface area contributed by atoms with Gasteiger partial charge >= 0.3 is 5.63 Å². The maximum Gasteiger partial charge on any atom is 0.349 e. The molecular formula is C14H12FNO3. The Hall–Kier alpha value is -2.17. The van der Waals surface area contributed by atoms with Crippen LogP contribution in [0.2, 0.25) is 0 Å². The summed E-state index contributed by atoms with van der Waals surface area (Å²) in [7, 11) is 0. The van der Waals surface area contributed by atoms with Gasteiger partial charge in [0.2, 0.25) is 0 Å². The third-order valence-electron chi connectivity index (χ3n) is 3.32. The van der Waals surface area contributed by atoms with Gasteiger partial charge in [-0.2, -0.15) is 0 Å². The number of fused-ring (bicyclic) bond motifs is 1. The standard InChI is InChI=1S/C14H12FNO3/c15-10-3-4-12-9(7-10)8-11(14(18)19-12)13(17)16-5-1-2-6-16/h3-4,7-8H,1-2,5-6H2. The molecule has 0 aliphatic carbocycles. The van der Waals surface area contributed by atoms with Crippen molar-refractivity contribution >= 4 is 16.9 Å². The predicted octanol–water partition coefficient (Wildman–Crippen LogP) is 2.17. The number of carbonyl (C=O) groups excluding carboxylic acids is 1. The monoisotopic (exact) mass is 261 g/mol. The van der Waals surface area contributed by atoms with Crippen LogP contribution in [0.1, 0.15) is 23.2 Å². The molecular weight excluding hydrogens is 249 g/mol. The van der Waals surface area contributed by atoms with E-state index in [2.05, 4.69) is 0 Å². The van der Waals surface area contributed by atoms with Gasteiger partial charge in [0.1, 0.15) is 17.0 Å². The first kappa shape index (κ1) is 11.9. The third-order valence-corrected chi connectivity index (χ3v) is 3.32. The molecule has 0 spiro atoms. The Morgan fingerprint density at radius 3 is 2.68 bits per heavy atom. The molecule has 3 rings (SSSR count). The molecule has 4 nitrogen and oxygen atoms in total. The van der Waals surface area contributed by atoms with Crippen molar-refractivity contribution in [2.45, 2.75) is 12.8 Å². The minimum Gasteiger partial charge on any atom is -0.422 e. The lowest BCUT2D eigenvalue weighted by molar-refractivity contribution is 0.0789. The molecule has 0 bridgehead atoms. The molecule has 1 aliphatic rings. The van der Waals surface area contributed by atoms with E-state index in [0.717, 1.165) is 12.8 Å². The van der Waals surface area contributed by atoms with Gasteiger partial charge in [0.05, 0.1) is 0 Å². The second-order valence-electron chi connectivity index (χ2n) is 4.63. The van der Waals surface area contributed by atoms with E-state index in [0.29, 0.717) is 18.5 Å². The van der Waals surface area contributed by atoms with Crippen LogP contribution in [0, 0.1) is 5.82 Å². The van der Waals surface area contributed by atoms with Crippen LogP contribution in [0.5, 0.6) is 0 Å². The molecule has 5 heteroatoms. The summed E-state index contributed by atoms with van der Waals surface area (Å²) in [5.74, 6) is -0.765. The topological polar surface area (TPSA) is 50.5 Å². The highest BCUT2D eigenvalue weighted by molar-refractivity contribution is 5.96. The van der Waals surface area contributed by atoms with Gasteiger partial charge in [0.25, 0.3) is 5.91 Å². The lowest BCUT2D eigenvalue weighted by atomic mass is 10.1. The van der Waals surface area contributed by atoms with E-state index in [1.54, 1.807) is 4.90 Å². The van der Waals surface area contributed by atoms with Crippen molar-refractivity contribution < 1.29 is 13.6 Å². The fourth-order valence-electron chi connectivity index (χ4n) is 2.33. The number of nitrogens with zero attached hydrogens (tertiary/aromatic N) is 1. The minimum absolute atomic E-state index is 0.0278. The normalized spacial score (nSPS) is 15.1. The lowest BCUT2D eigenvalue weighted by Gasteiger charge is -2.14. The summed E-state index contributed by atoms with van der Waals surface area (Å²) >= 11 is 0. The van der Waals surface area contributed by atoms with Crippen molar-refractivity contribution in [3.05, 3.63) is 46.1 Å². The zero-order valence-electron chi connectivity index (χ0n) is 10.2. The molecule has 1 fully saturated rings. The van der Waals surface area contributed by atoms with Crippen LogP contribution in [-0.2, 0) is 0 Å². The molecule has 0 unspecified atom stereocenters. The van der Waals surface area contributed by atoms with Crippen LogP contribution in [0.4, 0.5) is 4.39 Å². The van der Waals surface area contributed by atoms with Gasteiger partial charge in [0, 0.05) is 18.5 Å². The molecule has 19 heavy (non-hydrogen) atoms. The van der Waals surface area contributed by atoms with Crippen LogP contribution in [0.3, 0.4) is 0 Å². The Labute approximate surface area is 108 Å². The number of rotatable bonds is 1. The number of benzene rings is 1. The largest absolute Gasteiger partial charge is 0.422 e. The summed E-state index contributed by atoms with van der Waals surface area (Å²) in [4.78, 5) is 25.6. The van der Waals surface area contributed by atoms with Gasteiger partial charge in [-0.15, -0.1) is 0 Å². The molecule has 2 aromatic rings. The van der Waals surface area contributed by atoms with Crippen LogP contribution in [0.15, 0.2) is 33.5 Å². The fraction of sp³-hybridized carbons (Fsp3) is 0.286. The molecule has 98 valence electrons. The van der Waals surface area contributed by atoms with Gasteiger partial charge in [-0.1, -0.05) is 0 Å². The highest BCUT2D eigenvalue weighted by atomic mass is 19.1. The average Bonchev–Trinajstić information content (AvgIpc) is 2.91. The zero-order valence-corrected chi connectivity index (χ0v) is 10.2. The second kappa shape index (κ2) is 4.50. The first-order valence-electron chi connectivity index (χ1n) is 6.18. The maximum atomic E-state index is 13.2. The molecule has 1 saturated heterocycles. The predicted molar refractivity (Wildman–Crippen MR) is 67.6 cm³/mol. The molecule has 0 N–H and O–H groups in total. The SMILES string of the molecule is O=C(c1cc2cc(F)ccc2oc1=O)N1CCCC1. The number of halogens is 1. The molecule has 1 amide bonds. The van der Waals surface area contributed by atoms with Gasteiger partial charge in [-0.25, -0.2) is 9.18 Å². The number of likely N-dealkylation sites (tertiary alicyclic amines) is 1. The van der Waals surface area contributed by atoms with Crippen molar-refractivity contribution in [2.75, 3.05) is 13.1 Å². The number of hydrogen-bond acceptors (Lipinski definition) is 3. The van der Waals surface area contributed by atoms with E-state index < -0.39 is 11.4 Å². The Morgan fingerprint density at radius 1 is 1.21 bits per heavy atom. The summed E-state index contributed by atoms with van der Waals surface area (Å²) in [6.07, 6.45) is 1.89. The van der Waals surface area contributed by atoms with Gasteiger partial charge < -0.3 is 9.32 Å². The average molecular weight is 261 g/mol. The van der Waals surface area contributed by atoms with Crippen LogP contribution in [-0.4, -0.2) is 23.9 Å². The quantitative estimate of drug-likeness (QED) is 0.739. The Kier molecular flexibility index (Phi) is 2.81. The number of carbonyl (C=O) groups is 1. The van der Waals surface area contributed by atoms with Crippen LogP contribution < -0.4 is 5.63 Å². The summed E-state index contributed by atoms with van der Waals surface area (Å²) in [5.41, 5.74) is -0.416. The smallest absolute Gasteiger partial charge is 0.349 e. The summed E-state index contributed by atoms with van der Waals surface area (Å²) in [6.45, 7) is 1.30. The highest BCUT2D eigenvalue weighted by Crippen LogP contribution is 2.17. The first-order valence-corrected chi connectivity index (χ1v) is 6.18. The van der Waals surface area contributed by atoms with Gasteiger partial charge in [-0.05, 0) is 37.1 Å². The van der Waals surface area contributed by atoms with E-state index in [1.807, 2.05) is 0 Å². The summed E-state index contributed by atoms with van der Waals surface area (Å²) in [6, 6.07) is 5.26. The fourth-order valence-corrected chi connectivity index (χ4v) is 2.33. The highest BCUT2D eigenvalue weighted by Gasteiger charge is 2.23. The second-order valence-corrected chi connectivity index (χ2v) is 4.63. The number of amides is 1. The Balaban J connectivity index is 2.10. The van der Waals surface area contributed by atoms with Crippen molar-refractivity contribution in [3.63, 3.8) is 0 Å². The zero-order chi connectivity index (χ0) is 13.4. The molecule has 0 saturated carbocycles. The maximum absolute atomic E-state index is 13.2. The third kappa shape index (κ3) is 2.12. The molecule has 1 aromatic heterocycles. The minimum atomic E-state index is -0.670. The Morgan fingerprint density at radius 2 is 1.95 bits per heavy atom. The molecule has 0 atom stereocenters.